The molecule has 1 aliphatic heterocycles. The van der Waals surface area contributed by atoms with Crippen LogP contribution in [0.1, 0.15) is 60.1 Å². The molecule has 2 atom stereocenters. The van der Waals surface area contributed by atoms with Crippen molar-refractivity contribution in [3.63, 3.8) is 0 Å². The summed E-state index contributed by atoms with van der Waals surface area (Å²) in [5.41, 5.74) is 9.70. The number of nitrogens with one attached hydrogen (secondary N) is 2. The van der Waals surface area contributed by atoms with Crippen LogP contribution in [0.25, 0.3) is 22.0 Å². The molecule has 0 bridgehead atoms. The zero-order valence-corrected chi connectivity index (χ0v) is 21.0. The Hall–Kier alpha value is -3.52. The van der Waals surface area contributed by atoms with Crippen molar-refractivity contribution >= 4 is 16.6 Å². The van der Waals surface area contributed by atoms with Crippen LogP contribution < -0.4 is 5.32 Å². The summed E-state index contributed by atoms with van der Waals surface area (Å²) in [6.45, 7) is 10.3. The number of aryl methyl sites for hydroxylation is 2. The highest BCUT2D eigenvalue weighted by Gasteiger charge is 2.40. The second-order valence-electron chi connectivity index (χ2n) is 10.2. The predicted molar refractivity (Wildman–Crippen MR) is 144 cm³/mol. The van der Waals surface area contributed by atoms with Gasteiger partial charge in [0.05, 0.1) is 23.8 Å². The molecule has 178 valence electrons. The van der Waals surface area contributed by atoms with Gasteiger partial charge in [-0.05, 0) is 62.1 Å². The Labute approximate surface area is 207 Å². The van der Waals surface area contributed by atoms with Crippen LogP contribution in [0.4, 0.5) is 5.69 Å². The third kappa shape index (κ3) is 3.82. The topological polar surface area (TPSA) is 68.3 Å². The molecule has 4 heteroatoms. The Morgan fingerprint density at radius 2 is 1.74 bits per heavy atom. The average Bonchev–Trinajstić information content (AvgIpc) is 3.23. The van der Waals surface area contributed by atoms with Crippen LogP contribution in [0.3, 0.4) is 0 Å². The van der Waals surface area contributed by atoms with E-state index in [1.807, 2.05) is 44.3 Å². The van der Waals surface area contributed by atoms with E-state index in [4.69, 9.17) is 0 Å². The first-order chi connectivity index (χ1) is 16.7. The molecule has 4 aromatic rings. The van der Waals surface area contributed by atoms with E-state index < -0.39 is 11.6 Å². The fourth-order valence-electron chi connectivity index (χ4n) is 5.42. The Bertz CT molecular complexity index is 1500. The van der Waals surface area contributed by atoms with Gasteiger partial charge < -0.3 is 20.5 Å². The Kier molecular flexibility index (Phi) is 5.71. The first-order valence-electron chi connectivity index (χ1n) is 12.1. The Balaban J connectivity index is 1.84. The summed E-state index contributed by atoms with van der Waals surface area (Å²) in [5.74, 6) is 6.71. The fourth-order valence-corrected chi connectivity index (χ4v) is 5.42. The first-order valence-corrected chi connectivity index (χ1v) is 12.1. The van der Waals surface area contributed by atoms with Gasteiger partial charge in [0.2, 0.25) is 0 Å². The van der Waals surface area contributed by atoms with Crippen LogP contribution >= 0.6 is 0 Å². The molecule has 2 unspecified atom stereocenters. The molecule has 0 saturated carbocycles. The van der Waals surface area contributed by atoms with E-state index in [2.05, 4.69) is 67.2 Å². The van der Waals surface area contributed by atoms with Crippen LogP contribution in [0.2, 0.25) is 0 Å². The van der Waals surface area contributed by atoms with Crippen molar-refractivity contribution in [3.05, 3.63) is 88.1 Å². The van der Waals surface area contributed by atoms with Gasteiger partial charge in [0.15, 0.2) is 0 Å². The second kappa shape index (κ2) is 8.61. The number of para-hydroxylation sites is 1. The summed E-state index contributed by atoms with van der Waals surface area (Å²) in [6, 6.07) is 16.2. The Morgan fingerprint density at radius 1 is 0.971 bits per heavy atom. The smallest absolute Gasteiger partial charge is 0.0831 e. The molecule has 4 N–H and O–H groups in total. The normalized spacial score (nSPS) is 18.5. The number of hydrogen-bond acceptors (Lipinski definition) is 3. The zero-order valence-electron chi connectivity index (χ0n) is 21.0. The minimum Gasteiger partial charge on any atom is -0.392 e. The van der Waals surface area contributed by atoms with Crippen molar-refractivity contribution in [2.24, 2.45) is 0 Å². The molecule has 0 saturated heterocycles. The molecular weight excluding hydrogens is 432 g/mol. The molecular formula is C31H32N2O2. The number of aliphatic hydroxyl groups excluding tert-OH is 2. The summed E-state index contributed by atoms with van der Waals surface area (Å²) in [6.07, 6.45) is 1.47. The fraction of sp³-hybridized carbons (Fsp3) is 0.290. The second-order valence-corrected chi connectivity index (χ2v) is 10.2. The molecule has 0 amide bonds. The van der Waals surface area contributed by atoms with Gasteiger partial charge in [0, 0.05) is 45.4 Å². The predicted octanol–water partition coefficient (Wildman–Crippen LogP) is 6.01. The Morgan fingerprint density at radius 3 is 2.51 bits per heavy atom. The number of anilines is 1. The number of aromatic nitrogens is 1. The van der Waals surface area contributed by atoms with Crippen LogP contribution in [-0.4, -0.2) is 26.8 Å². The van der Waals surface area contributed by atoms with Crippen molar-refractivity contribution in [2.45, 2.75) is 58.8 Å². The zero-order chi connectivity index (χ0) is 24.9. The van der Waals surface area contributed by atoms with Crippen molar-refractivity contribution in [1.29, 1.82) is 0 Å². The first kappa shape index (κ1) is 23.2. The molecule has 2 heterocycles. The average molecular weight is 465 g/mol. The van der Waals surface area contributed by atoms with E-state index in [1.165, 1.54) is 10.9 Å². The maximum absolute atomic E-state index is 11.2. The van der Waals surface area contributed by atoms with Crippen molar-refractivity contribution in [3.8, 4) is 23.0 Å². The number of H-pyrrole nitrogens is 1. The molecule has 0 aliphatic carbocycles. The lowest BCUT2D eigenvalue weighted by Crippen LogP contribution is -2.50. The van der Waals surface area contributed by atoms with Gasteiger partial charge in [-0.15, -0.1) is 0 Å². The molecule has 0 fully saturated rings. The van der Waals surface area contributed by atoms with Gasteiger partial charge in [0.1, 0.15) is 0 Å². The number of rotatable bonds is 2. The summed E-state index contributed by atoms with van der Waals surface area (Å²) in [7, 11) is 0. The number of aliphatic hydroxyl groups is 2. The molecule has 4 nitrogen and oxygen atoms in total. The van der Waals surface area contributed by atoms with Crippen molar-refractivity contribution < 1.29 is 10.2 Å². The van der Waals surface area contributed by atoms with Crippen molar-refractivity contribution in [1.82, 2.24) is 4.98 Å². The quantitative estimate of drug-likeness (QED) is 0.275. The molecule has 1 aliphatic rings. The van der Waals surface area contributed by atoms with Gasteiger partial charge in [-0.1, -0.05) is 55.2 Å². The van der Waals surface area contributed by atoms with E-state index in [9.17, 15) is 10.2 Å². The van der Waals surface area contributed by atoms with Gasteiger partial charge in [0.25, 0.3) is 0 Å². The van der Waals surface area contributed by atoms with E-state index in [0.717, 1.165) is 50.1 Å². The van der Waals surface area contributed by atoms with E-state index in [-0.39, 0.29) is 12.5 Å². The standard InChI is InChI=1S/C31H32N2O2/c1-18-15-26(25-12-8-11-23-19(2)16-32-29(23)25)24(14-13-21-9-6-7-10-22(21)17-34)27-20(3)30(35)31(4,5)33-28(18)27/h6-12,15-16,20,30,32-35H,17H2,1-5H3. The molecule has 5 rings (SSSR count). The van der Waals surface area contributed by atoms with Crippen LogP contribution in [0, 0.1) is 25.7 Å². The maximum Gasteiger partial charge on any atom is 0.0831 e. The van der Waals surface area contributed by atoms with Crippen LogP contribution in [0.15, 0.2) is 54.7 Å². The molecule has 0 radical (unpaired) electrons. The lowest BCUT2D eigenvalue weighted by atomic mass is 9.75. The number of fused-ring (bicyclic) bond motifs is 2. The minimum absolute atomic E-state index is 0.0599. The molecule has 35 heavy (non-hydrogen) atoms. The molecule has 0 spiro atoms. The monoisotopic (exact) mass is 464 g/mol. The highest BCUT2D eigenvalue weighted by atomic mass is 16.3. The highest BCUT2D eigenvalue weighted by molar-refractivity contribution is 5.98. The maximum atomic E-state index is 11.2. The lowest BCUT2D eigenvalue weighted by Gasteiger charge is -2.43. The SMILES string of the molecule is Cc1cc(-c2cccc3c(C)c[nH]c23)c(C#Cc2ccccc2CO)c2c1NC(C)(C)C(O)C2C. The largest absolute Gasteiger partial charge is 0.392 e. The van der Waals surface area contributed by atoms with Gasteiger partial charge in [-0.25, -0.2) is 0 Å². The highest BCUT2D eigenvalue weighted by Crippen LogP contribution is 2.46. The molecule has 3 aromatic carbocycles. The molecule has 1 aromatic heterocycles. The summed E-state index contributed by atoms with van der Waals surface area (Å²) >= 11 is 0. The van der Waals surface area contributed by atoms with E-state index in [1.54, 1.807) is 0 Å². The van der Waals surface area contributed by atoms with E-state index in [0.29, 0.717) is 0 Å². The summed E-state index contributed by atoms with van der Waals surface area (Å²) in [4.78, 5) is 3.46. The minimum atomic E-state index is -0.571. The number of aromatic amines is 1. The lowest BCUT2D eigenvalue weighted by molar-refractivity contribution is 0.0868. The van der Waals surface area contributed by atoms with Crippen molar-refractivity contribution in [2.75, 3.05) is 5.32 Å². The van der Waals surface area contributed by atoms with Gasteiger partial charge in [-0.3, -0.25) is 0 Å². The van der Waals surface area contributed by atoms with Gasteiger partial charge in [-0.2, -0.15) is 0 Å². The van der Waals surface area contributed by atoms with Crippen LogP contribution in [0.5, 0.6) is 0 Å². The third-order valence-electron chi connectivity index (χ3n) is 7.40. The van der Waals surface area contributed by atoms with Gasteiger partial charge >= 0.3 is 0 Å². The number of hydrogen-bond donors (Lipinski definition) is 4. The third-order valence-corrected chi connectivity index (χ3v) is 7.40. The summed E-state index contributed by atoms with van der Waals surface area (Å²) in [5, 5.41) is 25.8. The number of benzene rings is 3. The van der Waals surface area contributed by atoms with Crippen LogP contribution in [-0.2, 0) is 6.61 Å². The van der Waals surface area contributed by atoms with E-state index >= 15 is 0 Å². The summed E-state index contributed by atoms with van der Waals surface area (Å²) < 4.78 is 0.